The van der Waals surface area contributed by atoms with Crippen LogP contribution < -0.4 is 0 Å². The highest BCUT2D eigenvalue weighted by molar-refractivity contribution is 8.70. The Labute approximate surface area is 146 Å². The molecule has 0 bridgehead atoms. The second-order valence-electron chi connectivity index (χ2n) is 5.66. The molecule has 0 aromatic carbocycles. The van der Waals surface area contributed by atoms with Crippen molar-refractivity contribution in [3.63, 3.8) is 0 Å². The minimum Gasteiger partial charge on any atom is -0.464 e. The van der Waals surface area contributed by atoms with E-state index < -0.39 is 14.6 Å². The molecule has 0 aliphatic rings. The minimum absolute atomic E-state index is 0.145. The highest BCUT2D eigenvalue weighted by Crippen LogP contribution is 2.42. The van der Waals surface area contributed by atoms with Gasteiger partial charge in [0.2, 0.25) is 0 Å². The summed E-state index contributed by atoms with van der Waals surface area (Å²) in [4.78, 5) is 22.3. The van der Waals surface area contributed by atoms with Crippen molar-refractivity contribution in [3.05, 3.63) is 0 Å². The zero-order valence-electron chi connectivity index (χ0n) is 15.1. The van der Waals surface area contributed by atoms with Gasteiger partial charge in [-0.3, -0.25) is 9.59 Å². The molecule has 136 valence electrons. The Balaban J connectivity index is 5.23. The fourth-order valence-corrected chi connectivity index (χ4v) is 6.71. The first kappa shape index (κ1) is 22.4. The molecular formula is C16H30O5S2. The van der Waals surface area contributed by atoms with Gasteiger partial charge in [-0.15, -0.1) is 0 Å². The van der Waals surface area contributed by atoms with E-state index in [1.54, 1.807) is 0 Å². The van der Waals surface area contributed by atoms with Crippen molar-refractivity contribution in [2.45, 2.75) is 76.7 Å². The molecule has 0 unspecified atom stereocenters. The van der Waals surface area contributed by atoms with E-state index in [4.69, 9.17) is 9.47 Å². The van der Waals surface area contributed by atoms with Crippen LogP contribution in [-0.4, -0.2) is 38.9 Å². The van der Waals surface area contributed by atoms with Crippen LogP contribution in [0.25, 0.3) is 0 Å². The molecule has 5 nitrogen and oxygen atoms in total. The number of ether oxygens (including phenoxy) is 2. The van der Waals surface area contributed by atoms with Crippen molar-refractivity contribution in [1.29, 1.82) is 0 Å². The monoisotopic (exact) mass is 366 g/mol. The van der Waals surface area contributed by atoms with Crippen molar-refractivity contribution in [1.82, 2.24) is 0 Å². The molecule has 0 spiro atoms. The Bertz CT molecular complexity index is 415. The van der Waals surface area contributed by atoms with Crippen LogP contribution in [0.5, 0.6) is 0 Å². The minimum atomic E-state index is -1.27. The van der Waals surface area contributed by atoms with Gasteiger partial charge in [-0.25, -0.2) is 4.21 Å². The second kappa shape index (κ2) is 10.3. The molecule has 0 fully saturated rings. The Morgan fingerprint density at radius 2 is 1.30 bits per heavy atom. The third kappa shape index (κ3) is 6.83. The zero-order chi connectivity index (χ0) is 18.1. The Hall–Kier alpha value is -0.560. The summed E-state index contributed by atoms with van der Waals surface area (Å²) in [5.41, 5.74) is 0. The van der Waals surface area contributed by atoms with E-state index in [0.29, 0.717) is 12.8 Å². The molecule has 0 amide bonds. The molecule has 0 rings (SSSR count). The van der Waals surface area contributed by atoms with E-state index in [-0.39, 0.29) is 29.9 Å². The van der Waals surface area contributed by atoms with Gasteiger partial charge in [0, 0.05) is 13.8 Å². The molecule has 0 aromatic rings. The Morgan fingerprint density at radius 1 is 0.870 bits per heavy atom. The first-order valence-corrected chi connectivity index (χ1v) is 10.6. The van der Waals surface area contributed by atoms with E-state index in [0.717, 1.165) is 12.8 Å². The molecule has 0 heterocycles. The van der Waals surface area contributed by atoms with Crippen molar-refractivity contribution in [3.8, 4) is 0 Å². The molecule has 0 radical (unpaired) electrons. The van der Waals surface area contributed by atoms with Gasteiger partial charge in [0.15, 0.2) is 0 Å². The lowest BCUT2D eigenvalue weighted by atomic mass is 10.0. The summed E-state index contributed by atoms with van der Waals surface area (Å²) in [5.74, 6) is -0.699. The van der Waals surface area contributed by atoms with Crippen molar-refractivity contribution < 1.29 is 23.3 Å². The van der Waals surface area contributed by atoms with Crippen LogP contribution in [0.4, 0.5) is 0 Å². The van der Waals surface area contributed by atoms with E-state index in [1.807, 2.05) is 27.7 Å². The molecule has 0 saturated carbocycles. The number of carbonyl (C=O) groups excluding carboxylic acids is 2. The summed E-state index contributed by atoms with van der Waals surface area (Å²) >= 11 is 0. The summed E-state index contributed by atoms with van der Waals surface area (Å²) in [5, 5.41) is 0. The predicted molar refractivity (Wildman–Crippen MR) is 95.6 cm³/mol. The van der Waals surface area contributed by atoms with Gasteiger partial charge in [-0.1, -0.05) is 38.5 Å². The summed E-state index contributed by atoms with van der Waals surface area (Å²) in [6.07, 6.45) is 2.77. The lowest BCUT2D eigenvalue weighted by Crippen LogP contribution is -2.41. The zero-order valence-corrected chi connectivity index (χ0v) is 16.7. The summed E-state index contributed by atoms with van der Waals surface area (Å²) in [7, 11) is 0.0770. The molecule has 0 saturated heterocycles. The van der Waals surface area contributed by atoms with Crippen LogP contribution in [0.3, 0.4) is 0 Å². The normalized spacial score (nSPS) is 13.5. The van der Waals surface area contributed by atoms with E-state index in [2.05, 4.69) is 0 Å². The third-order valence-corrected chi connectivity index (χ3v) is 9.44. The molecule has 0 aromatic heterocycles. The number of esters is 2. The molecule has 23 heavy (non-hydrogen) atoms. The maximum absolute atomic E-state index is 13.1. The average molecular weight is 367 g/mol. The van der Waals surface area contributed by atoms with Crippen LogP contribution in [0, 0.1) is 0 Å². The summed E-state index contributed by atoms with van der Waals surface area (Å²) < 4.78 is 22.4. The van der Waals surface area contributed by atoms with Gasteiger partial charge in [-0.05, 0) is 25.7 Å². The smallest absolute Gasteiger partial charge is 0.302 e. The number of hydrogen-bond acceptors (Lipinski definition) is 6. The van der Waals surface area contributed by atoms with Crippen molar-refractivity contribution in [2.24, 2.45) is 0 Å². The van der Waals surface area contributed by atoms with Crippen LogP contribution in [0.1, 0.15) is 67.2 Å². The number of hydrogen-bond donors (Lipinski definition) is 0. The molecule has 1 atom stereocenters. The quantitative estimate of drug-likeness (QED) is 0.411. The number of rotatable bonds is 11. The van der Waals surface area contributed by atoms with E-state index >= 15 is 0 Å². The van der Waals surface area contributed by atoms with Crippen LogP contribution >= 0.6 is 10.8 Å². The predicted octanol–water partition coefficient (Wildman–Crippen LogP) is 3.63. The SMILES string of the molecule is CCC(CC)(COC(C)=O)S[S@@](=O)C(CC)(CC)COC(C)=O. The Morgan fingerprint density at radius 3 is 1.65 bits per heavy atom. The first-order chi connectivity index (χ1) is 10.7. The van der Waals surface area contributed by atoms with Crippen LogP contribution in [0.15, 0.2) is 0 Å². The van der Waals surface area contributed by atoms with E-state index in [1.165, 1.54) is 24.6 Å². The van der Waals surface area contributed by atoms with Gasteiger partial charge in [0.1, 0.15) is 13.2 Å². The van der Waals surface area contributed by atoms with E-state index in [9.17, 15) is 13.8 Å². The topological polar surface area (TPSA) is 69.7 Å². The molecular weight excluding hydrogens is 336 g/mol. The van der Waals surface area contributed by atoms with Crippen molar-refractivity contribution >= 4 is 32.6 Å². The average Bonchev–Trinajstić information content (AvgIpc) is 2.52. The maximum Gasteiger partial charge on any atom is 0.302 e. The standard InChI is InChI=1S/C16H30O5S2/c1-7-15(8-2,11-20-13(5)17)22-23(19)16(9-3,10-4)12-21-14(6)18/h7-12H2,1-6H3/t23-/m1/s1. The Kier molecular flexibility index (Phi) is 10.1. The van der Waals surface area contributed by atoms with Gasteiger partial charge in [0.25, 0.3) is 0 Å². The number of carbonyl (C=O) groups is 2. The highest BCUT2D eigenvalue weighted by atomic mass is 33.1. The molecule has 0 N–H and O–H groups in total. The summed E-state index contributed by atoms with van der Waals surface area (Å²) in [6.45, 7) is 11.0. The van der Waals surface area contributed by atoms with Gasteiger partial charge in [0.05, 0.1) is 19.3 Å². The van der Waals surface area contributed by atoms with Crippen molar-refractivity contribution in [2.75, 3.05) is 13.2 Å². The van der Waals surface area contributed by atoms with Gasteiger partial charge >= 0.3 is 11.9 Å². The largest absolute Gasteiger partial charge is 0.464 e. The van der Waals surface area contributed by atoms with Crippen LogP contribution in [-0.2, 0) is 28.9 Å². The lowest BCUT2D eigenvalue weighted by molar-refractivity contribution is -0.142. The maximum atomic E-state index is 13.1. The van der Waals surface area contributed by atoms with Gasteiger partial charge in [-0.2, -0.15) is 0 Å². The van der Waals surface area contributed by atoms with Gasteiger partial charge < -0.3 is 9.47 Å². The second-order valence-corrected chi connectivity index (χ2v) is 9.44. The molecule has 0 aliphatic heterocycles. The fourth-order valence-electron chi connectivity index (χ4n) is 2.05. The fraction of sp³-hybridized carbons (Fsp3) is 0.875. The first-order valence-electron chi connectivity index (χ1n) is 8.09. The molecule has 0 aliphatic carbocycles. The highest BCUT2D eigenvalue weighted by Gasteiger charge is 2.41. The molecule has 7 heteroatoms. The third-order valence-electron chi connectivity index (χ3n) is 4.26. The van der Waals surface area contributed by atoms with Crippen LogP contribution in [0.2, 0.25) is 0 Å². The lowest BCUT2D eigenvalue weighted by Gasteiger charge is -2.35. The summed E-state index contributed by atoms with van der Waals surface area (Å²) in [6, 6.07) is 0.